The number of anilines is 1. The summed E-state index contributed by atoms with van der Waals surface area (Å²) in [7, 11) is 1.63. The van der Waals surface area contributed by atoms with Gasteiger partial charge in [-0.15, -0.1) is 0 Å². The van der Waals surface area contributed by atoms with Gasteiger partial charge in [0.15, 0.2) is 5.11 Å². The van der Waals surface area contributed by atoms with Gasteiger partial charge in [0.05, 0.1) is 17.3 Å². The smallest absolute Gasteiger partial charge is 0.170 e. The quantitative estimate of drug-likeness (QED) is 0.800. The van der Waals surface area contributed by atoms with Crippen LogP contribution in [-0.4, -0.2) is 18.8 Å². The van der Waals surface area contributed by atoms with Crippen molar-refractivity contribution < 1.29 is 4.74 Å². The Kier molecular flexibility index (Phi) is 5.51. The lowest BCUT2D eigenvalue weighted by molar-refractivity contribution is 0.412. The van der Waals surface area contributed by atoms with Gasteiger partial charge in [0.25, 0.3) is 0 Å². The summed E-state index contributed by atoms with van der Waals surface area (Å²) in [6.07, 6.45) is 0. The van der Waals surface area contributed by atoms with Crippen LogP contribution in [0.5, 0.6) is 5.75 Å². The standard InChI is InChI=1S/C10H12Br2N2OS/c1-3-13-10(16)14-8-5-9(15-2)7(12)4-6(8)11/h4-5H,3H2,1-2H3,(H2,13,14,16). The zero-order valence-electron chi connectivity index (χ0n) is 8.93. The Morgan fingerprint density at radius 2 is 2.06 bits per heavy atom. The van der Waals surface area contributed by atoms with Crippen molar-refractivity contribution in [3.05, 3.63) is 21.1 Å². The Labute approximate surface area is 117 Å². The number of ether oxygens (including phenoxy) is 1. The summed E-state index contributed by atoms with van der Waals surface area (Å²) in [5.74, 6) is 0.755. The Morgan fingerprint density at radius 3 is 2.62 bits per heavy atom. The predicted octanol–water partition coefficient (Wildman–Crippen LogP) is 3.53. The molecule has 88 valence electrons. The first-order chi connectivity index (χ1) is 7.58. The van der Waals surface area contributed by atoms with Crippen molar-refractivity contribution in [1.29, 1.82) is 0 Å². The van der Waals surface area contributed by atoms with Gasteiger partial charge < -0.3 is 15.4 Å². The fraction of sp³-hybridized carbons (Fsp3) is 0.300. The highest BCUT2D eigenvalue weighted by molar-refractivity contribution is 9.11. The van der Waals surface area contributed by atoms with Crippen molar-refractivity contribution in [2.45, 2.75) is 6.92 Å². The second kappa shape index (κ2) is 6.42. The number of rotatable bonds is 3. The molecule has 0 saturated carbocycles. The third-order valence-electron chi connectivity index (χ3n) is 1.83. The first-order valence-corrected chi connectivity index (χ1v) is 6.65. The van der Waals surface area contributed by atoms with Gasteiger partial charge in [0.2, 0.25) is 0 Å². The van der Waals surface area contributed by atoms with E-state index in [1.165, 1.54) is 0 Å². The minimum absolute atomic E-state index is 0.590. The molecule has 6 heteroatoms. The molecule has 1 aromatic carbocycles. The average molecular weight is 368 g/mol. The normalized spacial score (nSPS) is 9.75. The van der Waals surface area contributed by atoms with E-state index in [-0.39, 0.29) is 0 Å². The molecule has 1 rings (SSSR count). The highest BCUT2D eigenvalue weighted by Gasteiger charge is 2.07. The van der Waals surface area contributed by atoms with Gasteiger partial charge in [-0.1, -0.05) is 0 Å². The molecule has 0 spiro atoms. The minimum Gasteiger partial charge on any atom is -0.495 e. The molecule has 0 amide bonds. The maximum absolute atomic E-state index is 5.21. The zero-order chi connectivity index (χ0) is 12.1. The molecular formula is C10H12Br2N2OS. The Morgan fingerprint density at radius 1 is 1.38 bits per heavy atom. The SMILES string of the molecule is CCNC(=S)Nc1cc(OC)c(Br)cc1Br. The molecule has 0 atom stereocenters. The number of benzene rings is 1. The molecule has 0 heterocycles. The van der Waals surface area contributed by atoms with Gasteiger partial charge in [-0.25, -0.2) is 0 Å². The summed E-state index contributed by atoms with van der Waals surface area (Å²) in [4.78, 5) is 0. The molecule has 3 nitrogen and oxygen atoms in total. The largest absolute Gasteiger partial charge is 0.495 e. The fourth-order valence-electron chi connectivity index (χ4n) is 1.11. The zero-order valence-corrected chi connectivity index (χ0v) is 12.9. The van der Waals surface area contributed by atoms with Crippen LogP contribution in [-0.2, 0) is 0 Å². The van der Waals surface area contributed by atoms with Crippen molar-refractivity contribution in [2.75, 3.05) is 19.0 Å². The molecule has 0 aliphatic rings. The number of nitrogens with one attached hydrogen (secondary N) is 2. The molecule has 1 aromatic rings. The first-order valence-electron chi connectivity index (χ1n) is 4.66. The number of halogens is 2. The lowest BCUT2D eigenvalue weighted by Gasteiger charge is -2.12. The molecule has 2 N–H and O–H groups in total. The van der Waals surface area contributed by atoms with Crippen LogP contribution < -0.4 is 15.4 Å². The summed E-state index contributed by atoms with van der Waals surface area (Å²) < 4.78 is 7.02. The van der Waals surface area contributed by atoms with Crippen LogP contribution in [0.1, 0.15) is 6.92 Å². The number of thiocarbonyl (C=S) groups is 1. The molecule has 0 bridgehead atoms. The van der Waals surface area contributed by atoms with Crippen molar-refractivity contribution in [3.63, 3.8) is 0 Å². The van der Waals surface area contributed by atoms with Crippen LogP contribution in [0.4, 0.5) is 5.69 Å². The number of methoxy groups -OCH3 is 1. The van der Waals surface area contributed by atoms with E-state index in [0.29, 0.717) is 5.11 Å². The van der Waals surface area contributed by atoms with Gasteiger partial charge in [-0.3, -0.25) is 0 Å². The summed E-state index contributed by atoms with van der Waals surface area (Å²) >= 11 is 12.0. The lowest BCUT2D eigenvalue weighted by atomic mass is 10.3. The van der Waals surface area contributed by atoms with Crippen LogP contribution in [0.15, 0.2) is 21.1 Å². The van der Waals surface area contributed by atoms with Crippen LogP contribution in [0, 0.1) is 0 Å². The molecule has 0 fully saturated rings. The van der Waals surface area contributed by atoms with Crippen molar-refractivity contribution in [1.82, 2.24) is 5.32 Å². The van der Waals surface area contributed by atoms with E-state index < -0.39 is 0 Å². The average Bonchev–Trinajstić information content (AvgIpc) is 2.22. The molecular weight excluding hydrogens is 356 g/mol. The third-order valence-corrected chi connectivity index (χ3v) is 3.35. The van der Waals surface area contributed by atoms with E-state index in [4.69, 9.17) is 17.0 Å². The maximum atomic E-state index is 5.21. The molecule has 0 aromatic heterocycles. The number of hydrogen-bond donors (Lipinski definition) is 2. The van der Waals surface area contributed by atoms with Crippen LogP contribution in [0.3, 0.4) is 0 Å². The van der Waals surface area contributed by atoms with E-state index >= 15 is 0 Å². The Bertz CT molecular complexity index is 399. The summed E-state index contributed by atoms with van der Waals surface area (Å²) in [6.45, 7) is 2.78. The van der Waals surface area contributed by atoms with E-state index in [1.807, 2.05) is 19.1 Å². The second-order valence-electron chi connectivity index (χ2n) is 2.95. The second-order valence-corrected chi connectivity index (χ2v) is 5.07. The summed E-state index contributed by atoms with van der Waals surface area (Å²) in [6, 6.07) is 3.79. The number of hydrogen-bond acceptors (Lipinski definition) is 2. The van der Waals surface area contributed by atoms with E-state index in [0.717, 1.165) is 26.9 Å². The van der Waals surface area contributed by atoms with Gasteiger partial charge >= 0.3 is 0 Å². The molecule has 16 heavy (non-hydrogen) atoms. The highest BCUT2D eigenvalue weighted by atomic mass is 79.9. The van der Waals surface area contributed by atoms with Crippen molar-refractivity contribution >= 4 is 54.9 Å². The monoisotopic (exact) mass is 366 g/mol. The summed E-state index contributed by atoms with van der Waals surface area (Å²) in [5.41, 5.74) is 0.867. The fourth-order valence-corrected chi connectivity index (χ4v) is 2.62. The van der Waals surface area contributed by atoms with E-state index in [1.54, 1.807) is 7.11 Å². The first kappa shape index (κ1) is 13.7. The van der Waals surface area contributed by atoms with E-state index in [2.05, 4.69) is 42.5 Å². The van der Waals surface area contributed by atoms with Gasteiger partial charge in [-0.2, -0.15) is 0 Å². The van der Waals surface area contributed by atoms with E-state index in [9.17, 15) is 0 Å². The Balaban J connectivity index is 2.91. The highest BCUT2D eigenvalue weighted by Crippen LogP contribution is 2.34. The van der Waals surface area contributed by atoms with Crippen molar-refractivity contribution in [2.24, 2.45) is 0 Å². The van der Waals surface area contributed by atoms with Crippen LogP contribution in [0.25, 0.3) is 0 Å². The van der Waals surface area contributed by atoms with Crippen LogP contribution in [0.2, 0.25) is 0 Å². The topological polar surface area (TPSA) is 33.3 Å². The Hall–Kier alpha value is -0.330. The molecule has 0 aliphatic carbocycles. The van der Waals surface area contributed by atoms with Gasteiger partial charge in [0.1, 0.15) is 5.75 Å². The maximum Gasteiger partial charge on any atom is 0.170 e. The third kappa shape index (κ3) is 3.61. The molecule has 0 saturated heterocycles. The van der Waals surface area contributed by atoms with Gasteiger partial charge in [0, 0.05) is 17.1 Å². The van der Waals surface area contributed by atoms with Crippen molar-refractivity contribution in [3.8, 4) is 5.75 Å². The molecule has 0 radical (unpaired) electrons. The summed E-state index contributed by atoms with van der Waals surface area (Å²) in [5, 5.41) is 6.70. The lowest BCUT2D eigenvalue weighted by Crippen LogP contribution is -2.28. The van der Waals surface area contributed by atoms with Crippen LogP contribution >= 0.6 is 44.1 Å². The molecule has 0 unspecified atom stereocenters. The molecule has 0 aliphatic heterocycles. The van der Waals surface area contributed by atoms with Gasteiger partial charge in [-0.05, 0) is 57.1 Å². The minimum atomic E-state index is 0.590. The predicted molar refractivity (Wildman–Crippen MR) is 78.3 cm³/mol.